The van der Waals surface area contributed by atoms with Crippen molar-refractivity contribution in [3.8, 4) is 0 Å². The molecule has 3 rings (SSSR count). The van der Waals surface area contributed by atoms with Gasteiger partial charge in [-0.15, -0.1) is 10.2 Å². The Morgan fingerprint density at radius 2 is 1.93 bits per heavy atom. The Kier molecular flexibility index (Phi) is 6.11. The molecular formula is C21H29N5O2. The molecule has 0 spiro atoms. The third-order valence-corrected chi connectivity index (χ3v) is 4.38. The molecule has 3 aromatic rings. The van der Waals surface area contributed by atoms with E-state index in [0.717, 1.165) is 60.6 Å². The number of esters is 1. The Morgan fingerprint density at radius 1 is 1.14 bits per heavy atom. The summed E-state index contributed by atoms with van der Waals surface area (Å²) in [7, 11) is 0. The Hall–Kier alpha value is -2.70. The molecule has 150 valence electrons. The Balaban J connectivity index is 1.59. The number of aryl methyl sites for hydroxylation is 1. The fraction of sp³-hybridized carbons (Fsp3) is 0.524. The van der Waals surface area contributed by atoms with E-state index in [2.05, 4.69) is 26.8 Å². The molecule has 0 amide bonds. The van der Waals surface area contributed by atoms with Gasteiger partial charge in [-0.1, -0.05) is 25.5 Å². The monoisotopic (exact) mass is 383 g/mol. The number of nitrogens with one attached hydrogen (secondary N) is 1. The number of fused-ring (bicyclic) bond motifs is 3. The number of benzene rings is 1. The average molecular weight is 383 g/mol. The predicted octanol–water partition coefficient (Wildman–Crippen LogP) is 4.15. The van der Waals surface area contributed by atoms with Gasteiger partial charge in [-0.3, -0.25) is 9.20 Å². The maximum absolute atomic E-state index is 11.7. The topological polar surface area (TPSA) is 81.4 Å². The van der Waals surface area contributed by atoms with Crippen LogP contribution in [0.1, 0.15) is 59.2 Å². The van der Waals surface area contributed by atoms with Gasteiger partial charge in [0.2, 0.25) is 5.65 Å². The van der Waals surface area contributed by atoms with E-state index in [-0.39, 0.29) is 5.97 Å². The molecule has 0 aliphatic heterocycles. The molecule has 0 bridgehead atoms. The van der Waals surface area contributed by atoms with Crippen molar-refractivity contribution in [2.75, 3.05) is 11.9 Å². The number of carbonyl (C=O) groups is 1. The molecule has 1 aromatic carbocycles. The molecule has 0 fully saturated rings. The predicted molar refractivity (Wildman–Crippen MR) is 110 cm³/mol. The van der Waals surface area contributed by atoms with E-state index in [1.54, 1.807) is 0 Å². The molecule has 28 heavy (non-hydrogen) atoms. The quantitative estimate of drug-likeness (QED) is 0.465. The van der Waals surface area contributed by atoms with Crippen LogP contribution in [0.2, 0.25) is 0 Å². The lowest BCUT2D eigenvalue weighted by Gasteiger charge is -2.19. The van der Waals surface area contributed by atoms with Crippen LogP contribution >= 0.6 is 0 Å². The smallest absolute Gasteiger partial charge is 0.306 e. The van der Waals surface area contributed by atoms with Crippen molar-refractivity contribution in [1.29, 1.82) is 0 Å². The highest BCUT2D eigenvalue weighted by atomic mass is 16.6. The van der Waals surface area contributed by atoms with Crippen LogP contribution in [-0.2, 0) is 16.0 Å². The Bertz CT molecular complexity index is 958. The highest BCUT2D eigenvalue weighted by Gasteiger charge is 2.16. The van der Waals surface area contributed by atoms with E-state index in [1.165, 1.54) is 0 Å². The second kappa shape index (κ2) is 8.54. The number of ether oxygens (including phenoxy) is 1. The van der Waals surface area contributed by atoms with Crippen molar-refractivity contribution < 1.29 is 9.53 Å². The lowest BCUT2D eigenvalue weighted by molar-refractivity contribution is -0.154. The van der Waals surface area contributed by atoms with Crippen molar-refractivity contribution in [2.45, 2.75) is 65.4 Å². The molecule has 0 saturated heterocycles. The zero-order chi connectivity index (χ0) is 20.1. The number of hydrogen-bond acceptors (Lipinski definition) is 6. The van der Waals surface area contributed by atoms with Gasteiger partial charge < -0.3 is 10.1 Å². The number of unbranched alkanes of at least 4 members (excludes halogenated alkanes) is 2. The summed E-state index contributed by atoms with van der Waals surface area (Å²) in [6, 6.07) is 8.02. The maximum Gasteiger partial charge on any atom is 0.306 e. The minimum atomic E-state index is -0.415. The SMILES string of the molecule is CCc1nnc2c(NCCCCCC(=O)OC(C)(C)C)nc3ccccc3n12. The number of anilines is 1. The first-order valence-electron chi connectivity index (χ1n) is 9.97. The van der Waals surface area contributed by atoms with Crippen LogP contribution in [0, 0.1) is 0 Å². The third kappa shape index (κ3) is 4.77. The minimum Gasteiger partial charge on any atom is -0.460 e. The maximum atomic E-state index is 11.7. The molecule has 7 nitrogen and oxygen atoms in total. The van der Waals surface area contributed by atoms with Gasteiger partial charge in [-0.2, -0.15) is 0 Å². The van der Waals surface area contributed by atoms with Gasteiger partial charge in [0.1, 0.15) is 11.4 Å². The second-order valence-corrected chi connectivity index (χ2v) is 7.90. The highest BCUT2D eigenvalue weighted by molar-refractivity contribution is 5.82. The number of hydrogen-bond donors (Lipinski definition) is 1. The summed E-state index contributed by atoms with van der Waals surface area (Å²) in [4.78, 5) is 16.5. The van der Waals surface area contributed by atoms with Crippen LogP contribution in [0.4, 0.5) is 5.82 Å². The summed E-state index contributed by atoms with van der Waals surface area (Å²) in [6.07, 6.45) is 3.97. The molecular weight excluding hydrogens is 354 g/mol. The van der Waals surface area contributed by atoms with Crippen molar-refractivity contribution in [1.82, 2.24) is 19.6 Å². The fourth-order valence-electron chi connectivity index (χ4n) is 3.16. The largest absolute Gasteiger partial charge is 0.460 e. The van der Waals surface area contributed by atoms with Crippen molar-refractivity contribution in [3.63, 3.8) is 0 Å². The van der Waals surface area contributed by atoms with E-state index >= 15 is 0 Å². The number of carbonyl (C=O) groups excluding carboxylic acids is 1. The van der Waals surface area contributed by atoms with Crippen LogP contribution in [0.15, 0.2) is 24.3 Å². The van der Waals surface area contributed by atoms with Gasteiger partial charge in [0.05, 0.1) is 11.0 Å². The van der Waals surface area contributed by atoms with Gasteiger partial charge in [0, 0.05) is 19.4 Å². The normalized spacial score (nSPS) is 11.9. The Labute approximate surface area is 165 Å². The standard InChI is InChI=1S/C21H29N5O2/c1-5-17-24-25-20-19(23-15-11-8-9-12-16(15)26(17)20)22-14-10-6-7-13-18(27)28-21(2,3)4/h8-9,11-12H,5-7,10,13-14H2,1-4H3,(H,22,23). The zero-order valence-electron chi connectivity index (χ0n) is 17.2. The summed E-state index contributed by atoms with van der Waals surface area (Å²) in [5, 5.41) is 12.0. The van der Waals surface area contributed by atoms with Gasteiger partial charge in [0.25, 0.3) is 0 Å². The average Bonchev–Trinajstić information content (AvgIpc) is 3.07. The number of para-hydroxylation sites is 2. The van der Waals surface area contributed by atoms with Crippen molar-refractivity contribution >= 4 is 28.5 Å². The van der Waals surface area contributed by atoms with Crippen LogP contribution in [-0.4, -0.2) is 37.7 Å². The van der Waals surface area contributed by atoms with E-state index < -0.39 is 5.60 Å². The fourth-order valence-corrected chi connectivity index (χ4v) is 3.16. The molecule has 0 atom stereocenters. The molecule has 2 aromatic heterocycles. The van der Waals surface area contributed by atoms with E-state index in [4.69, 9.17) is 9.72 Å². The molecule has 0 unspecified atom stereocenters. The first kappa shape index (κ1) is 20.0. The third-order valence-electron chi connectivity index (χ3n) is 4.38. The van der Waals surface area contributed by atoms with E-state index in [0.29, 0.717) is 6.42 Å². The van der Waals surface area contributed by atoms with Crippen molar-refractivity contribution in [2.24, 2.45) is 0 Å². The summed E-state index contributed by atoms with van der Waals surface area (Å²) < 4.78 is 7.41. The first-order valence-corrected chi connectivity index (χ1v) is 9.97. The van der Waals surface area contributed by atoms with Gasteiger partial charge >= 0.3 is 5.97 Å². The Morgan fingerprint density at radius 3 is 2.68 bits per heavy atom. The summed E-state index contributed by atoms with van der Waals surface area (Å²) in [5.41, 5.74) is 2.27. The molecule has 2 heterocycles. The molecule has 7 heteroatoms. The van der Waals surface area contributed by atoms with Crippen molar-refractivity contribution in [3.05, 3.63) is 30.1 Å². The zero-order valence-corrected chi connectivity index (χ0v) is 17.2. The summed E-state index contributed by atoms with van der Waals surface area (Å²) in [5.74, 6) is 1.54. The van der Waals surface area contributed by atoms with E-state index in [9.17, 15) is 4.79 Å². The van der Waals surface area contributed by atoms with Crippen LogP contribution in [0.5, 0.6) is 0 Å². The van der Waals surface area contributed by atoms with Gasteiger partial charge in [-0.25, -0.2) is 4.98 Å². The van der Waals surface area contributed by atoms with Crippen LogP contribution < -0.4 is 5.32 Å². The number of aromatic nitrogens is 4. The van der Waals surface area contributed by atoms with Crippen LogP contribution in [0.25, 0.3) is 16.7 Å². The number of rotatable bonds is 8. The lowest BCUT2D eigenvalue weighted by Crippen LogP contribution is -2.23. The molecule has 0 aliphatic rings. The molecule has 0 saturated carbocycles. The molecule has 0 aliphatic carbocycles. The summed E-state index contributed by atoms with van der Waals surface area (Å²) in [6.45, 7) is 8.51. The number of nitrogens with zero attached hydrogens (tertiary/aromatic N) is 4. The molecule has 1 N–H and O–H groups in total. The van der Waals surface area contributed by atoms with E-state index in [1.807, 2.05) is 45.0 Å². The summed E-state index contributed by atoms with van der Waals surface area (Å²) >= 11 is 0. The minimum absolute atomic E-state index is 0.131. The first-order chi connectivity index (χ1) is 13.4. The lowest BCUT2D eigenvalue weighted by atomic mass is 10.1. The van der Waals surface area contributed by atoms with Gasteiger partial charge in [-0.05, 0) is 45.7 Å². The molecule has 0 radical (unpaired) electrons. The second-order valence-electron chi connectivity index (χ2n) is 7.90. The van der Waals surface area contributed by atoms with Crippen LogP contribution in [0.3, 0.4) is 0 Å². The highest BCUT2D eigenvalue weighted by Crippen LogP contribution is 2.22. The van der Waals surface area contributed by atoms with Gasteiger partial charge in [0.15, 0.2) is 5.82 Å².